The molecule has 0 atom stereocenters. The highest BCUT2D eigenvalue weighted by atomic mass is 19.4. The maximum atomic E-state index is 12.8. The van der Waals surface area contributed by atoms with Crippen LogP contribution in [0.4, 0.5) is 24.5 Å². The zero-order valence-electron chi connectivity index (χ0n) is 16.8. The van der Waals surface area contributed by atoms with Gasteiger partial charge in [-0.15, -0.1) is 0 Å². The minimum absolute atomic E-state index is 0.0896. The fourth-order valence-corrected chi connectivity index (χ4v) is 2.97. The Labute approximate surface area is 179 Å². The van der Waals surface area contributed by atoms with E-state index in [2.05, 4.69) is 22.8 Å². The summed E-state index contributed by atoms with van der Waals surface area (Å²) in [6.45, 7) is 0.474. The molecule has 7 heteroatoms. The lowest BCUT2D eigenvalue weighted by Crippen LogP contribution is -2.22. The van der Waals surface area contributed by atoms with Crippen LogP contribution in [-0.4, -0.2) is 19.1 Å². The molecule has 2 N–H and O–H groups in total. The molecule has 31 heavy (non-hydrogen) atoms. The number of anilines is 2. The Morgan fingerprint density at radius 3 is 2.39 bits per heavy atom. The summed E-state index contributed by atoms with van der Waals surface area (Å²) in [5.41, 5.74) is 1.22. The van der Waals surface area contributed by atoms with Crippen LogP contribution in [0.5, 0.6) is 5.75 Å². The van der Waals surface area contributed by atoms with E-state index in [1.807, 2.05) is 24.3 Å². The number of amides is 1. The zero-order valence-corrected chi connectivity index (χ0v) is 16.8. The molecular weight excluding hydrogens is 405 g/mol. The number of carbonyl (C=O) groups is 1. The summed E-state index contributed by atoms with van der Waals surface area (Å²) in [5, 5.41) is 5.42. The number of halogens is 3. The van der Waals surface area contributed by atoms with Crippen LogP contribution in [0, 0.1) is 0 Å². The summed E-state index contributed by atoms with van der Waals surface area (Å²) < 4.78 is 44.1. The largest absolute Gasteiger partial charge is 0.494 e. The molecule has 3 aromatic rings. The molecule has 4 nitrogen and oxygen atoms in total. The lowest BCUT2D eigenvalue weighted by atomic mass is 10.1. The van der Waals surface area contributed by atoms with Crippen molar-refractivity contribution in [1.82, 2.24) is 0 Å². The van der Waals surface area contributed by atoms with Gasteiger partial charge in [0.05, 0.1) is 18.7 Å². The first-order chi connectivity index (χ1) is 14.9. The number of hydrogen-bond acceptors (Lipinski definition) is 3. The van der Waals surface area contributed by atoms with Gasteiger partial charge in [-0.25, -0.2) is 0 Å². The van der Waals surface area contributed by atoms with Gasteiger partial charge in [0, 0.05) is 17.4 Å². The molecule has 0 bridgehead atoms. The van der Waals surface area contributed by atoms with Crippen molar-refractivity contribution < 1.29 is 22.7 Å². The lowest BCUT2D eigenvalue weighted by Gasteiger charge is -2.12. The van der Waals surface area contributed by atoms with Crippen LogP contribution in [0.15, 0.2) is 78.9 Å². The highest BCUT2D eigenvalue weighted by Gasteiger charge is 2.30. The molecule has 0 spiro atoms. The number of alkyl halides is 3. The third kappa shape index (κ3) is 7.37. The van der Waals surface area contributed by atoms with Crippen LogP contribution in [-0.2, 0) is 17.4 Å². The van der Waals surface area contributed by atoms with Crippen LogP contribution >= 0.6 is 0 Å². The van der Waals surface area contributed by atoms with Crippen LogP contribution in [0.1, 0.15) is 17.5 Å². The SMILES string of the molecule is O=C(CNc1cccc(OCCCc2ccccc2)c1)Nc1cccc(C(F)(F)F)c1. The maximum absolute atomic E-state index is 12.8. The fraction of sp³-hybridized carbons (Fsp3) is 0.208. The van der Waals surface area contributed by atoms with E-state index < -0.39 is 17.6 Å². The fourth-order valence-electron chi connectivity index (χ4n) is 2.97. The average Bonchev–Trinajstić information content (AvgIpc) is 2.76. The molecule has 162 valence electrons. The Morgan fingerprint density at radius 1 is 0.871 bits per heavy atom. The Bertz CT molecular complexity index is 991. The van der Waals surface area contributed by atoms with Crippen molar-refractivity contribution >= 4 is 17.3 Å². The van der Waals surface area contributed by atoms with E-state index in [4.69, 9.17) is 4.74 Å². The van der Waals surface area contributed by atoms with E-state index in [-0.39, 0.29) is 12.2 Å². The minimum atomic E-state index is -4.46. The van der Waals surface area contributed by atoms with Gasteiger partial charge in [0.2, 0.25) is 5.91 Å². The zero-order chi connectivity index (χ0) is 22.1. The Balaban J connectivity index is 1.44. The standard InChI is InChI=1S/C24H23F3N2O2/c25-24(26,27)19-10-4-12-21(15-19)29-23(30)17-28-20-11-5-13-22(16-20)31-14-6-9-18-7-2-1-3-8-18/h1-5,7-8,10-13,15-16,28H,6,9,14,17H2,(H,29,30). The highest BCUT2D eigenvalue weighted by Crippen LogP contribution is 2.30. The van der Waals surface area contributed by atoms with E-state index in [0.29, 0.717) is 18.0 Å². The lowest BCUT2D eigenvalue weighted by molar-refractivity contribution is -0.137. The number of ether oxygens (including phenoxy) is 1. The van der Waals surface area contributed by atoms with Gasteiger partial charge in [-0.05, 0) is 48.7 Å². The first-order valence-corrected chi connectivity index (χ1v) is 9.88. The predicted octanol–water partition coefficient (Wildman–Crippen LogP) is 5.77. The molecular formula is C24H23F3N2O2. The van der Waals surface area contributed by atoms with Crippen molar-refractivity contribution in [2.45, 2.75) is 19.0 Å². The van der Waals surface area contributed by atoms with Gasteiger partial charge in [-0.2, -0.15) is 13.2 Å². The highest BCUT2D eigenvalue weighted by molar-refractivity contribution is 5.93. The van der Waals surface area contributed by atoms with Crippen LogP contribution in [0.25, 0.3) is 0 Å². The molecule has 0 aromatic heterocycles. The van der Waals surface area contributed by atoms with Crippen molar-refractivity contribution in [1.29, 1.82) is 0 Å². The molecule has 0 saturated heterocycles. The van der Waals surface area contributed by atoms with Gasteiger partial charge in [0.15, 0.2) is 0 Å². The van der Waals surface area contributed by atoms with Crippen LogP contribution in [0.3, 0.4) is 0 Å². The molecule has 0 saturated carbocycles. The first kappa shape index (κ1) is 22.2. The molecule has 3 aromatic carbocycles. The molecule has 0 radical (unpaired) electrons. The monoisotopic (exact) mass is 428 g/mol. The third-order valence-electron chi connectivity index (χ3n) is 4.48. The van der Waals surface area contributed by atoms with Gasteiger partial charge >= 0.3 is 6.18 Å². The third-order valence-corrected chi connectivity index (χ3v) is 4.48. The molecule has 0 aliphatic carbocycles. The quantitative estimate of drug-likeness (QED) is 0.426. The number of aryl methyl sites for hydroxylation is 1. The van der Waals surface area contributed by atoms with Gasteiger partial charge < -0.3 is 15.4 Å². The Kier molecular flexibility index (Phi) is 7.54. The number of nitrogens with one attached hydrogen (secondary N) is 2. The van der Waals surface area contributed by atoms with Gasteiger partial charge in [0.1, 0.15) is 5.75 Å². The summed E-state index contributed by atoms with van der Waals surface area (Å²) in [6.07, 6.45) is -2.66. The van der Waals surface area contributed by atoms with Crippen molar-refractivity contribution in [3.05, 3.63) is 90.0 Å². The van der Waals surface area contributed by atoms with E-state index >= 15 is 0 Å². The summed E-state index contributed by atoms with van der Waals surface area (Å²) in [6, 6.07) is 21.9. The second kappa shape index (κ2) is 10.5. The smallest absolute Gasteiger partial charge is 0.416 e. The van der Waals surface area contributed by atoms with E-state index in [1.54, 1.807) is 18.2 Å². The van der Waals surface area contributed by atoms with Crippen LogP contribution < -0.4 is 15.4 Å². The topological polar surface area (TPSA) is 50.4 Å². The normalized spacial score (nSPS) is 11.1. The number of rotatable bonds is 9. The molecule has 0 aliphatic rings. The molecule has 1 amide bonds. The van der Waals surface area contributed by atoms with E-state index in [0.717, 1.165) is 25.0 Å². The van der Waals surface area contributed by atoms with Crippen LogP contribution in [0.2, 0.25) is 0 Å². The Morgan fingerprint density at radius 2 is 1.61 bits per heavy atom. The van der Waals surface area contributed by atoms with Crippen molar-refractivity contribution in [3.8, 4) is 5.75 Å². The van der Waals surface area contributed by atoms with Gasteiger partial charge in [-0.1, -0.05) is 42.5 Å². The van der Waals surface area contributed by atoms with Crippen molar-refractivity contribution in [2.24, 2.45) is 0 Å². The summed E-state index contributed by atoms with van der Waals surface area (Å²) in [4.78, 5) is 12.1. The summed E-state index contributed by atoms with van der Waals surface area (Å²) in [7, 11) is 0. The van der Waals surface area contributed by atoms with Crippen molar-refractivity contribution in [3.63, 3.8) is 0 Å². The first-order valence-electron chi connectivity index (χ1n) is 9.88. The molecule has 3 rings (SSSR count). The second-order valence-electron chi connectivity index (χ2n) is 6.95. The van der Waals surface area contributed by atoms with Gasteiger partial charge in [-0.3, -0.25) is 4.79 Å². The average molecular weight is 428 g/mol. The number of carbonyl (C=O) groups excluding carboxylic acids is 1. The molecule has 0 fully saturated rings. The summed E-state index contributed by atoms with van der Waals surface area (Å²) in [5.74, 6) is 0.227. The Hall–Kier alpha value is -3.48. The van der Waals surface area contributed by atoms with E-state index in [1.165, 1.54) is 17.7 Å². The number of benzene rings is 3. The molecule has 0 aliphatic heterocycles. The maximum Gasteiger partial charge on any atom is 0.416 e. The van der Waals surface area contributed by atoms with E-state index in [9.17, 15) is 18.0 Å². The predicted molar refractivity (Wildman–Crippen MR) is 115 cm³/mol. The molecule has 0 heterocycles. The second-order valence-corrected chi connectivity index (χ2v) is 6.95. The minimum Gasteiger partial charge on any atom is -0.494 e. The number of hydrogen-bond donors (Lipinski definition) is 2. The van der Waals surface area contributed by atoms with Crippen molar-refractivity contribution in [2.75, 3.05) is 23.8 Å². The van der Waals surface area contributed by atoms with Gasteiger partial charge in [0.25, 0.3) is 0 Å². The molecule has 0 unspecified atom stereocenters. The summed E-state index contributed by atoms with van der Waals surface area (Å²) >= 11 is 0.